The molecule has 0 aromatic heterocycles. The number of hydrogen-bond acceptors (Lipinski definition) is 3. The summed E-state index contributed by atoms with van der Waals surface area (Å²) in [5, 5.41) is 12.7. The molecular formula is C17H23F3N2O2. The van der Waals surface area contributed by atoms with Crippen LogP contribution in [-0.2, 0) is 11.0 Å². The van der Waals surface area contributed by atoms with Crippen molar-refractivity contribution in [3.63, 3.8) is 0 Å². The van der Waals surface area contributed by atoms with Gasteiger partial charge in [0.25, 0.3) is 0 Å². The highest BCUT2D eigenvalue weighted by Gasteiger charge is 2.34. The summed E-state index contributed by atoms with van der Waals surface area (Å²) in [5.41, 5.74) is 0.0384. The maximum absolute atomic E-state index is 12.7. The molecule has 0 aliphatic carbocycles. The highest BCUT2D eigenvalue weighted by molar-refractivity contribution is 5.76. The first-order valence-electron chi connectivity index (χ1n) is 8.05. The first kappa shape index (κ1) is 18.7. The van der Waals surface area contributed by atoms with Gasteiger partial charge in [0, 0.05) is 31.6 Å². The molecule has 0 saturated carbocycles. The number of likely N-dealkylation sites (tertiary alicyclic amines) is 1. The summed E-state index contributed by atoms with van der Waals surface area (Å²) in [6.45, 7) is 4.63. The Balaban J connectivity index is 2.03. The number of halogens is 3. The van der Waals surface area contributed by atoms with E-state index in [0.717, 1.165) is 17.7 Å². The first-order chi connectivity index (χ1) is 11.2. The molecule has 1 aliphatic rings. The third kappa shape index (κ3) is 4.95. The third-order valence-electron chi connectivity index (χ3n) is 4.08. The predicted molar refractivity (Wildman–Crippen MR) is 84.3 cm³/mol. The summed E-state index contributed by atoms with van der Waals surface area (Å²) in [5.74, 6) is -0.0717. The molecule has 1 aromatic rings. The van der Waals surface area contributed by atoms with Crippen LogP contribution in [0.15, 0.2) is 24.3 Å². The molecule has 2 atom stereocenters. The van der Waals surface area contributed by atoms with E-state index in [1.54, 1.807) is 0 Å². The topological polar surface area (TPSA) is 52.6 Å². The maximum atomic E-state index is 12.7. The average molecular weight is 344 g/mol. The number of β-amino-alcohol motifs (C(OH)–C–C–N with tert-alkyl or cyclic N) is 1. The van der Waals surface area contributed by atoms with Crippen LogP contribution in [0.1, 0.15) is 43.9 Å². The molecule has 1 heterocycles. The molecule has 1 amide bonds. The van der Waals surface area contributed by atoms with Gasteiger partial charge in [-0.25, -0.2) is 0 Å². The zero-order chi connectivity index (χ0) is 17.9. The van der Waals surface area contributed by atoms with Crippen molar-refractivity contribution >= 4 is 5.91 Å². The van der Waals surface area contributed by atoms with Gasteiger partial charge in [-0.05, 0) is 38.0 Å². The van der Waals surface area contributed by atoms with Crippen LogP contribution in [0.4, 0.5) is 13.2 Å². The highest BCUT2D eigenvalue weighted by Crippen LogP contribution is 2.35. The van der Waals surface area contributed by atoms with Crippen LogP contribution >= 0.6 is 0 Å². The van der Waals surface area contributed by atoms with Crippen molar-refractivity contribution in [2.45, 2.75) is 51.1 Å². The van der Waals surface area contributed by atoms with Gasteiger partial charge in [0.2, 0.25) is 5.91 Å². The fourth-order valence-electron chi connectivity index (χ4n) is 3.01. The Labute approximate surface area is 139 Å². The van der Waals surface area contributed by atoms with E-state index in [4.69, 9.17) is 0 Å². The van der Waals surface area contributed by atoms with Crippen LogP contribution in [-0.4, -0.2) is 41.1 Å². The van der Waals surface area contributed by atoms with Gasteiger partial charge in [0.05, 0.1) is 11.7 Å². The van der Waals surface area contributed by atoms with Crippen molar-refractivity contribution in [3.05, 3.63) is 35.4 Å². The number of carbonyl (C=O) groups excluding carboxylic acids is 1. The normalized spacial score (nSPS) is 22.1. The number of carbonyl (C=O) groups is 1. The average Bonchev–Trinajstić information content (AvgIpc) is 2.85. The Morgan fingerprint density at radius 2 is 1.96 bits per heavy atom. The van der Waals surface area contributed by atoms with Gasteiger partial charge in [0.15, 0.2) is 0 Å². The molecule has 2 N–H and O–H groups in total. The maximum Gasteiger partial charge on any atom is 0.416 e. The second-order valence-corrected chi connectivity index (χ2v) is 6.49. The van der Waals surface area contributed by atoms with E-state index in [1.807, 2.05) is 18.7 Å². The predicted octanol–water partition coefficient (Wildman–Crippen LogP) is 2.73. The van der Waals surface area contributed by atoms with E-state index in [2.05, 4.69) is 5.32 Å². The lowest BCUT2D eigenvalue weighted by molar-refractivity contribution is -0.137. The second kappa shape index (κ2) is 7.53. The van der Waals surface area contributed by atoms with Gasteiger partial charge in [-0.1, -0.05) is 12.1 Å². The van der Waals surface area contributed by atoms with Gasteiger partial charge >= 0.3 is 6.18 Å². The number of hydrogen-bond donors (Lipinski definition) is 2. The van der Waals surface area contributed by atoms with E-state index >= 15 is 0 Å². The van der Waals surface area contributed by atoms with Crippen molar-refractivity contribution in [3.8, 4) is 0 Å². The van der Waals surface area contributed by atoms with Crippen LogP contribution in [0.25, 0.3) is 0 Å². The summed E-state index contributed by atoms with van der Waals surface area (Å²) >= 11 is 0. The zero-order valence-electron chi connectivity index (χ0n) is 13.8. The Bertz CT molecular complexity index is 558. The van der Waals surface area contributed by atoms with Gasteiger partial charge < -0.3 is 10.4 Å². The molecule has 24 heavy (non-hydrogen) atoms. The molecule has 0 radical (unpaired) electrons. The van der Waals surface area contributed by atoms with E-state index in [-0.39, 0.29) is 18.0 Å². The number of aliphatic hydroxyl groups excluding tert-OH is 1. The lowest BCUT2D eigenvalue weighted by Crippen LogP contribution is -2.34. The first-order valence-corrected chi connectivity index (χ1v) is 8.05. The molecule has 7 heteroatoms. The van der Waals surface area contributed by atoms with Crippen LogP contribution in [0.3, 0.4) is 0 Å². The molecule has 2 unspecified atom stereocenters. The lowest BCUT2D eigenvalue weighted by Gasteiger charge is -2.24. The fourth-order valence-corrected chi connectivity index (χ4v) is 3.01. The molecule has 0 bridgehead atoms. The number of amides is 1. The van der Waals surface area contributed by atoms with E-state index in [0.29, 0.717) is 25.9 Å². The second-order valence-electron chi connectivity index (χ2n) is 6.49. The summed E-state index contributed by atoms with van der Waals surface area (Å²) < 4.78 is 38.0. The van der Waals surface area contributed by atoms with Gasteiger partial charge in [0.1, 0.15) is 0 Å². The van der Waals surface area contributed by atoms with Crippen LogP contribution < -0.4 is 5.32 Å². The Morgan fingerprint density at radius 1 is 1.33 bits per heavy atom. The molecule has 1 aromatic carbocycles. The number of alkyl halides is 3. The Kier molecular flexibility index (Phi) is 5.87. The molecule has 134 valence electrons. The standard InChI is InChI=1S/C17H23F3N2O2/c1-11(2)21-16(24)7-8-22-10-14(23)9-15(22)12-3-5-13(6-4-12)17(18,19)20/h3-6,11,14-15,23H,7-10H2,1-2H3,(H,21,24). The minimum Gasteiger partial charge on any atom is -0.392 e. The quantitative estimate of drug-likeness (QED) is 0.864. The summed E-state index contributed by atoms with van der Waals surface area (Å²) in [6.07, 6.45) is -4.15. The van der Waals surface area contributed by atoms with Gasteiger partial charge in [-0.15, -0.1) is 0 Å². The van der Waals surface area contributed by atoms with Crippen molar-refractivity contribution in [1.82, 2.24) is 10.2 Å². The van der Waals surface area contributed by atoms with Crippen molar-refractivity contribution in [2.75, 3.05) is 13.1 Å². The summed E-state index contributed by atoms with van der Waals surface area (Å²) in [4.78, 5) is 13.7. The number of nitrogens with one attached hydrogen (secondary N) is 1. The fraction of sp³-hybridized carbons (Fsp3) is 0.588. The van der Waals surface area contributed by atoms with Crippen molar-refractivity contribution in [1.29, 1.82) is 0 Å². The van der Waals surface area contributed by atoms with Crippen LogP contribution in [0.5, 0.6) is 0 Å². The Morgan fingerprint density at radius 3 is 2.50 bits per heavy atom. The minimum atomic E-state index is -4.36. The number of aliphatic hydroxyl groups is 1. The Hall–Kier alpha value is -1.60. The molecule has 1 saturated heterocycles. The molecule has 0 spiro atoms. The number of nitrogens with zero attached hydrogens (tertiary/aromatic N) is 1. The SMILES string of the molecule is CC(C)NC(=O)CCN1CC(O)CC1c1ccc(C(F)(F)F)cc1. The zero-order valence-corrected chi connectivity index (χ0v) is 13.8. The lowest BCUT2D eigenvalue weighted by atomic mass is 10.0. The van der Waals surface area contributed by atoms with Crippen LogP contribution in [0, 0.1) is 0 Å². The van der Waals surface area contributed by atoms with E-state index in [9.17, 15) is 23.1 Å². The van der Waals surface area contributed by atoms with E-state index < -0.39 is 17.8 Å². The largest absolute Gasteiger partial charge is 0.416 e. The van der Waals surface area contributed by atoms with Crippen molar-refractivity contribution in [2.24, 2.45) is 0 Å². The number of benzene rings is 1. The smallest absolute Gasteiger partial charge is 0.392 e. The molecular weight excluding hydrogens is 321 g/mol. The molecule has 2 rings (SSSR count). The van der Waals surface area contributed by atoms with Crippen molar-refractivity contribution < 1.29 is 23.1 Å². The van der Waals surface area contributed by atoms with Gasteiger partial charge in [-0.2, -0.15) is 13.2 Å². The monoisotopic (exact) mass is 344 g/mol. The van der Waals surface area contributed by atoms with Crippen LogP contribution in [0.2, 0.25) is 0 Å². The molecule has 1 fully saturated rings. The number of rotatable bonds is 5. The highest BCUT2D eigenvalue weighted by atomic mass is 19.4. The third-order valence-corrected chi connectivity index (χ3v) is 4.08. The molecule has 1 aliphatic heterocycles. The van der Waals surface area contributed by atoms with Gasteiger partial charge in [-0.3, -0.25) is 9.69 Å². The summed E-state index contributed by atoms with van der Waals surface area (Å²) in [6, 6.07) is 4.91. The minimum absolute atomic E-state index is 0.0624. The van der Waals surface area contributed by atoms with E-state index in [1.165, 1.54) is 12.1 Å². The molecule has 4 nitrogen and oxygen atoms in total. The summed E-state index contributed by atoms with van der Waals surface area (Å²) in [7, 11) is 0.